The van der Waals surface area contributed by atoms with Crippen LogP contribution in [0.3, 0.4) is 0 Å². The van der Waals surface area contributed by atoms with Gasteiger partial charge in [0.25, 0.3) is 5.91 Å². The molecular formula is C25H30N4O2. The lowest BCUT2D eigenvalue weighted by molar-refractivity contribution is -0.113. The number of benzene rings is 2. The molecule has 2 saturated heterocycles. The second kappa shape index (κ2) is 9.12. The van der Waals surface area contributed by atoms with Crippen molar-refractivity contribution in [3.05, 3.63) is 60.3 Å². The van der Waals surface area contributed by atoms with E-state index in [0.29, 0.717) is 6.67 Å². The molecule has 3 aliphatic rings. The first-order valence-electron chi connectivity index (χ1n) is 11.3. The van der Waals surface area contributed by atoms with Gasteiger partial charge in [-0.2, -0.15) is 0 Å². The molecule has 0 bridgehead atoms. The maximum Gasteiger partial charge on any atom is 0.261 e. The number of morpholine rings is 1. The van der Waals surface area contributed by atoms with Crippen LogP contribution >= 0.6 is 0 Å². The number of anilines is 3. The largest absolute Gasteiger partial charge is 0.378 e. The lowest BCUT2D eigenvalue weighted by atomic mass is 10.1. The van der Waals surface area contributed by atoms with Crippen LogP contribution in [0.2, 0.25) is 0 Å². The molecule has 0 atom stereocenters. The molecule has 6 nitrogen and oxygen atoms in total. The summed E-state index contributed by atoms with van der Waals surface area (Å²) in [6.45, 7) is 6.21. The van der Waals surface area contributed by atoms with Crippen LogP contribution in [0.1, 0.15) is 24.8 Å². The summed E-state index contributed by atoms with van der Waals surface area (Å²) in [4.78, 5) is 19.9. The van der Waals surface area contributed by atoms with Crippen molar-refractivity contribution in [2.24, 2.45) is 0 Å². The van der Waals surface area contributed by atoms with Gasteiger partial charge in [0.15, 0.2) is 0 Å². The standard InChI is InChI=1S/C25H30N4O2/c30-25-23(18-26-20-8-10-21(11-9-20)28-14-16-31-17-15-28)22-6-2-3-7-24(22)29(25)19-27-12-4-1-5-13-27/h2-3,6-11,18,26H,1,4-5,12-17,19H2/b23-18+. The normalized spacial score (nSPS) is 20.9. The Hall–Kier alpha value is -2.83. The number of nitrogens with one attached hydrogen (secondary N) is 1. The maximum atomic E-state index is 13.3. The van der Waals surface area contributed by atoms with Gasteiger partial charge in [0.05, 0.1) is 31.1 Å². The summed E-state index contributed by atoms with van der Waals surface area (Å²) in [5.74, 6) is 0.0733. The van der Waals surface area contributed by atoms with Crippen molar-refractivity contribution in [1.82, 2.24) is 4.90 Å². The number of ether oxygens (including phenoxy) is 1. The van der Waals surface area contributed by atoms with E-state index in [1.165, 1.54) is 24.9 Å². The van der Waals surface area contributed by atoms with E-state index in [9.17, 15) is 4.79 Å². The maximum absolute atomic E-state index is 13.3. The number of nitrogens with zero attached hydrogens (tertiary/aromatic N) is 3. The van der Waals surface area contributed by atoms with Crippen LogP contribution in [0.5, 0.6) is 0 Å². The lowest BCUT2D eigenvalue weighted by Crippen LogP contribution is -2.42. The molecule has 6 heteroatoms. The van der Waals surface area contributed by atoms with E-state index in [1.54, 1.807) is 0 Å². The predicted octanol–water partition coefficient (Wildman–Crippen LogP) is 3.77. The molecule has 0 unspecified atom stereocenters. The smallest absolute Gasteiger partial charge is 0.261 e. The summed E-state index contributed by atoms with van der Waals surface area (Å²) in [5.41, 5.74) is 4.92. The van der Waals surface area contributed by atoms with Crippen molar-refractivity contribution < 1.29 is 9.53 Å². The zero-order chi connectivity index (χ0) is 21.0. The minimum absolute atomic E-state index is 0.0733. The van der Waals surface area contributed by atoms with E-state index < -0.39 is 0 Å². The lowest BCUT2D eigenvalue weighted by Gasteiger charge is -2.30. The zero-order valence-electron chi connectivity index (χ0n) is 17.9. The number of hydrogen-bond donors (Lipinski definition) is 1. The van der Waals surface area contributed by atoms with Gasteiger partial charge in [-0.1, -0.05) is 24.6 Å². The van der Waals surface area contributed by atoms with Gasteiger partial charge in [-0.05, 0) is 56.3 Å². The van der Waals surface area contributed by atoms with Crippen molar-refractivity contribution in [3.8, 4) is 0 Å². The number of carbonyl (C=O) groups excluding carboxylic acids is 1. The monoisotopic (exact) mass is 418 g/mol. The molecule has 0 aromatic heterocycles. The summed E-state index contributed by atoms with van der Waals surface area (Å²) < 4.78 is 5.44. The van der Waals surface area contributed by atoms with Gasteiger partial charge in [0.2, 0.25) is 0 Å². The summed E-state index contributed by atoms with van der Waals surface area (Å²) in [5, 5.41) is 3.35. The fourth-order valence-corrected chi connectivity index (χ4v) is 4.63. The number of likely N-dealkylation sites (tertiary alicyclic amines) is 1. The Morgan fingerprint density at radius 1 is 0.903 bits per heavy atom. The fourth-order valence-electron chi connectivity index (χ4n) is 4.63. The molecule has 2 aromatic carbocycles. The first kappa shape index (κ1) is 20.1. The highest BCUT2D eigenvalue weighted by molar-refractivity contribution is 6.32. The van der Waals surface area contributed by atoms with Crippen LogP contribution in [0.4, 0.5) is 17.1 Å². The Kier molecular flexibility index (Phi) is 5.91. The molecule has 2 aromatic rings. The van der Waals surface area contributed by atoms with Gasteiger partial charge >= 0.3 is 0 Å². The summed E-state index contributed by atoms with van der Waals surface area (Å²) in [7, 11) is 0. The Bertz CT molecular complexity index is 944. The highest BCUT2D eigenvalue weighted by atomic mass is 16.5. The number of para-hydroxylation sites is 1. The summed E-state index contributed by atoms with van der Waals surface area (Å²) in [6, 6.07) is 16.5. The van der Waals surface area contributed by atoms with Gasteiger partial charge in [-0.3, -0.25) is 14.6 Å². The van der Waals surface area contributed by atoms with Crippen molar-refractivity contribution >= 4 is 28.5 Å². The molecule has 1 amide bonds. The van der Waals surface area contributed by atoms with E-state index in [-0.39, 0.29) is 5.91 Å². The van der Waals surface area contributed by atoms with E-state index >= 15 is 0 Å². The molecule has 3 aliphatic heterocycles. The Morgan fingerprint density at radius 2 is 1.65 bits per heavy atom. The second-order valence-electron chi connectivity index (χ2n) is 8.42. The SMILES string of the molecule is O=C1/C(=C/Nc2ccc(N3CCOCC3)cc2)c2ccccc2N1CN1CCCCC1. The topological polar surface area (TPSA) is 48.1 Å². The molecule has 3 heterocycles. The Morgan fingerprint density at radius 3 is 2.42 bits per heavy atom. The predicted molar refractivity (Wildman–Crippen MR) is 125 cm³/mol. The average Bonchev–Trinajstić information content (AvgIpc) is 3.10. The highest BCUT2D eigenvalue weighted by Crippen LogP contribution is 2.36. The van der Waals surface area contributed by atoms with Crippen LogP contribution < -0.4 is 15.1 Å². The van der Waals surface area contributed by atoms with E-state index in [4.69, 9.17) is 4.74 Å². The molecule has 0 spiro atoms. The summed E-state index contributed by atoms with van der Waals surface area (Å²) >= 11 is 0. The van der Waals surface area contributed by atoms with Crippen molar-refractivity contribution in [2.75, 3.05) is 61.2 Å². The third-order valence-corrected chi connectivity index (χ3v) is 6.38. The molecule has 31 heavy (non-hydrogen) atoms. The first-order valence-corrected chi connectivity index (χ1v) is 11.3. The van der Waals surface area contributed by atoms with Crippen molar-refractivity contribution in [3.63, 3.8) is 0 Å². The second-order valence-corrected chi connectivity index (χ2v) is 8.42. The van der Waals surface area contributed by atoms with E-state index in [0.717, 1.165) is 61.9 Å². The minimum Gasteiger partial charge on any atom is -0.378 e. The number of fused-ring (bicyclic) bond motifs is 1. The summed E-state index contributed by atoms with van der Waals surface area (Å²) in [6.07, 6.45) is 5.59. The first-order chi connectivity index (χ1) is 15.3. The molecule has 0 aliphatic carbocycles. The minimum atomic E-state index is 0.0733. The molecule has 2 fully saturated rings. The zero-order valence-corrected chi connectivity index (χ0v) is 17.9. The van der Waals surface area contributed by atoms with Gasteiger partial charge in [-0.15, -0.1) is 0 Å². The third kappa shape index (κ3) is 4.31. The van der Waals surface area contributed by atoms with Crippen LogP contribution in [-0.4, -0.2) is 56.9 Å². The quantitative estimate of drug-likeness (QED) is 0.749. The number of rotatable bonds is 5. The van der Waals surface area contributed by atoms with Crippen molar-refractivity contribution in [2.45, 2.75) is 19.3 Å². The van der Waals surface area contributed by atoms with Gasteiger partial charge in [0.1, 0.15) is 0 Å². The fraction of sp³-hybridized carbons (Fsp3) is 0.400. The Labute approximate surface area is 184 Å². The molecule has 0 radical (unpaired) electrons. The van der Waals surface area contributed by atoms with Crippen LogP contribution in [0.15, 0.2) is 54.7 Å². The highest BCUT2D eigenvalue weighted by Gasteiger charge is 2.33. The average molecular weight is 419 g/mol. The molecular weight excluding hydrogens is 388 g/mol. The number of hydrogen-bond acceptors (Lipinski definition) is 5. The van der Waals surface area contributed by atoms with Crippen LogP contribution in [0, 0.1) is 0 Å². The van der Waals surface area contributed by atoms with Crippen LogP contribution in [-0.2, 0) is 9.53 Å². The third-order valence-electron chi connectivity index (χ3n) is 6.38. The van der Waals surface area contributed by atoms with Gasteiger partial charge < -0.3 is 15.0 Å². The number of piperidine rings is 1. The number of amides is 1. The Balaban J connectivity index is 1.31. The van der Waals surface area contributed by atoms with Crippen molar-refractivity contribution in [1.29, 1.82) is 0 Å². The van der Waals surface area contributed by atoms with Crippen LogP contribution in [0.25, 0.3) is 5.57 Å². The van der Waals surface area contributed by atoms with Gasteiger partial charge in [-0.25, -0.2) is 0 Å². The molecule has 5 rings (SSSR count). The van der Waals surface area contributed by atoms with Gasteiger partial charge in [0, 0.05) is 36.2 Å². The van der Waals surface area contributed by atoms with E-state index in [2.05, 4.69) is 45.4 Å². The number of carbonyl (C=O) groups is 1. The molecule has 0 saturated carbocycles. The van der Waals surface area contributed by atoms with E-state index in [1.807, 2.05) is 29.3 Å². The molecule has 162 valence electrons. The molecule has 1 N–H and O–H groups in total.